The van der Waals surface area contributed by atoms with Crippen molar-refractivity contribution in [3.8, 4) is 0 Å². The first-order chi connectivity index (χ1) is 5.20. The maximum Gasteiger partial charge on any atom is 0.430 e. The van der Waals surface area contributed by atoms with Gasteiger partial charge in [0.05, 0.1) is 0 Å². The topological polar surface area (TPSA) is 64.7 Å². The average molecular weight is 176 g/mol. The summed E-state index contributed by atoms with van der Waals surface area (Å²) < 4.78 is 0. The molecule has 0 fully saturated rings. The van der Waals surface area contributed by atoms with Crippen molar-refractivity contribution in [2.75, 3.05) is 6.26 Å². The van der Waals surface area contributed by atoms with Crippen molar-refractivity contribution < 1.29 is 9.63 Å². The summed E-state index contributed by atoms with van der Waals surface area (Å²) in [5.74, 6) is 0. The second-order valence-electron chi connectivity index (χ2n) is 1.85. The second kappa shape index (κ2) is 6.03. The molecule has 0 saturated heterocycles. The Morgan fingerprint density at radius 1 is 1.73 bits per heavy atom. The molecule has 0 aromatic carbocycles. The van der Waals surface area contributed by atoms with E-state index in [9.17, 15) is 4.79 Å². The van der Waals surface area contributed by atoms with Crippen LogP contribution in [0, 0.1) is 0 Å². The molecule has 0 heterocycles. The molecule has 5 heteroatoms. The molecule has 0 aliphatic carbocycles. The molecular weight excluding hydrogens is 164 g/mol. The third-order valence-electron chi connectivity index (χ3n) is 0.937. The Morgan fingerprint density at radius 3 is 2.73 bits per heavy atom. The quantitative estimate of drug-likeness (QED) is 0.307. The van der Waals surface area contributed by atoms with Crippen LogP contribution in [0.2, 0.25) is 0 Å². The summed E-state index contributed by atoms with van der Waals surface area (Å²) in [5.41, 5.74) is 4.71. The molecule has 0 aromatic rings. The molecule has 1 amide bonds. The minimum atomic E-state index is -0.868. The van der Waals surface area contributed by atoms with Gasteiger partial charge in [0.2, 0.25) is 0 Å². The fourth-order valence-electron chi connectivity index (χ4n) is 0.495. The van der Waals surface area contributed by atoms with Crippen LogP contribution in [0.4, 0.5) is 4.79 Å². The van der Waals surface area contributed by atoms with E-state index < -0.39 is 6.09 Å². The molecule has 0 atom stereocenters. The number of nitrogens with zero attached hydrogens (tertiary/aromatic N) is 1. The third-order valence-corrected chi connectivity index (χ3v) is 1.69. The van der Waals surface area contributed by atoms with Crippen LogP contribution in [0.15, 0.2) is 5.16 Å². The van der Waals surface area contributed by atoms with Crippen molar-refractivity contribution >= 4 is 22.9 Å². The van der Waals surface area contributed by atoms with Crippen LogP contribution in [0.25, 0.3) is 0 Å². The van der Waals surface area contributed by atoms with Gasteiger partial charge in [-0.25, -0.2) is 4.79 Å². The Labute approximate surface area is 70.2 Å². The van der Waals surface area contributed by atoms with Crippen molar-refractivity contribution in [3.63, 3.8) is 0 Å². The number of hydrogen-bond acceptors (Lipinski definition) is 4. The highest BCUT2D eigenvalue weighted by atomic mass is 32.2. The summed E-state index contributed by atoms with van der Waals surface area (Å²) >= 11 is 1.45. The molecule has 0 bridgehead atoms. The van der Waals surface area contributed by atoms with Crippen molar-refractivity contribution in [1.82, 2.24) is 0 Å². The SMILES string of the molecule is CCCC(=NOC(N)=O)SC. The molecule has 0 unspecified atom stereocenters. The lowest BCUT2D eigenvalue weighted by Crippen LogP contribution is -2.10. The van der Waals surface area contributed by atoms with E-state index in [-0.39, 0.29) is 0 Å². The van der Waals surface area contributed by atoms with Gasteiger partial charge in [0.1, 0.15) is 5.04 Å². The summed E-state index contributed by atoms with van der Waals surface area (Å²) in [4.78, 5) is 14.4. The number of amides is 1. The van der Waals surface area contributed by atoms with Crippen LogP contribution in [0.5, 0.6) is 0 Å². The highest BCUT2D eigenvalue weighted by Crippen LogP contribution is 2.05. The number of rotatable bonds is 3. The third kappa shape index (κ3) is 5.72. The fourth-order valence-corrected chi connectivity index (χ4v) is 1.01. The van der Waals surface area contributed by atoms with Crippen LogP contribution >= 0.6 is 11.8 Å². The molecule has 0 spiro atoms. The Morgan fingerprint density at radius 2 is 2.36 bits per heavy atom. The predicted octanol–water partition coefficient (Wildman–Crippen LogP) is 1.56. The Bertz CT molecular complexity index is 159. The van der Waals surface area contributed by atoms with Crippen LogP contribution in [0.3, 0.4) is 0 Å². The van der Waals surface area contributed by atoms with Crippen LogP contribution in [-0.2, 0) is 4.84 Å². The molecule has 0 aliphatic rings. The molecule has 0 radical (unpaired) electrons. The zero-order valence-electron chi connectivity index (χ0n) is 6.66. The van der Waals surface area contributed by atoms with Gasteiger partial charge in [0, 0.05) is 0 Å². The highest BCUT2D eigenvalue weighted by Gasteiger charge is 1.97. The maximum absolute atomic E-state index is 10.1. The molecule has 0 aromatic heterocycles. The van der Waals surface area contributed by atoms with Gasteiger partial charge < -0.3 is 5.73 Å². The Balaban J connectivity index is 3.80. The number of carbonyl (C=O) groups excluding carboxylic acids is 1. The lowest BCUT2D eigenvalue weighted by atomic mass is 10.4. The van der Waals surface area contributed by atoms with Crippen molar-refractivity contribution in [3.05, 3.63) is 0 Å². The van der Waals surface area contributed by atoms with Crippen LogP contribution in [0.1, 0.15) is 19.8 Å². The highest BCUT2D eigenvalue weighted by molar-refractivity contribution is 8.13. The van der Waals surface area contributed by atoms with Crippen LogP contribution < -0.4 is 5.73 Å². The number of thioether (sulfide) groups is 1. The van der Waals surface area contributed by atoms with Crippen molar-refractivity contribution in [2.45, 2.75) is 19.8 Å². The normalized spacial score (nSPS) is 11.3. The standard InChI is InChI=1S/C6H12N2O2S/c1-3-4-5(11-2)8-10-6(7)9/h3-4H2,1-2H3,(H2,7,9). The van der Waals surface area contributed by atoms with Crippen molar-refractivity contribution in [2.24, 2.45) is 10.9 Å². The van der Waals surface area contributed by atoms with Gasteiger partial charge in [-0.05, 0) is 19.1 Å². The van der Waals surface area contributed by atoms with Crippen molar-refractivity contribution in [1.29, 1.82) is 0 Å². The van der Waals surface area contributed by atoms with Gasteiger partial charge in [0.15, 0.2) is 0 Å². The molecule has 4 nitrogen and oxygen atoms in total. The molecule has 64 valence electrons. The minimum absolute atomic E-state index is 0.784. The second-order valence-corrected chi connectivity index (χ2v) is 2.73. The molecule has 2 N–H and O–H groups in total. The van der Waals surface area contributed by atoms with E-state index in [4.69, 9.17) is 5.73 Å². The Kier molecular flexibility index (Phi) is 5.64. The lowest BCUT2D eigenvalue weighted by Gasteiger charge is -1.97. The summed E-state index contributed by atoms with van der Waals surface area (Å²) in [6.07, 6.45) is 2.79. The number of carbonyl (C=O) groups is 1. The van der Waals surface area contributed by atoms with Gasteiger partial charge in [-0.1, -0.05) is 12.1 Å². The van der Waals surface area contributed by atoms with Gasteiger partial charge in [-0.15, -0.1) is 11.8 Å². The summed E-state index contributed by atoms with van der Waals surface area (Å²) in [7, 11) is 0. The average Bonchev–Trinajstić information content (AvgIpc) is 1.97. The molecular formula is C6H12N2O2S. The van der Waals surface area contributed by atoms with Gasteiger partial charge in [-0.3, -0.25) is 4.84 Å². The summed E-state index contributed by atoms with van der Waals surface area (Å²) in [5, 5.41) is 4.32. The van der Waals surface area contributed by atoms with E-state index in [0.29, 0.717) is 0 Å². The van der Waals surface area contributed by atoms with E-state index in [1.165, 1.54) is 11.8 Å². The fraction of sp³-hybridized carbons (Fsp3) is 0.667. The lowest BCUT2D eigenvalue weighted by molar-refractivity contribution is 0.162. The minimum Gasteiger partial charge on any atom is -0.333 e. The first-order valence-electron chi connectivity index (χ1n) is 3.28. The molecule has 11 heavy (non-hydrogen) atoms. The van der Waals surface area contributed by atoms with E-state index >= 15 is 0 Å². The van der Waals surface area contributed by atoms with E-state index in [0.717, 1.165) is 17.9 Å². The number of oxime groups is 1. The zero-order valence-corrected chi connectivity index (χ0v) is 7.48. The summed E-state index contributed by atoms with van der Waals surface area (Å²) in [6, 6.07) is 0. The first-order valence-corrected chi connectivity index (χ1v) is 4.50. The van der Waals surface area contributed by atoms with E-state index in [1.807, 2.05) is 13.2 Å². The monoisotopic (exact) mass is 176 g/mol. The predicted molar refractivity (Wildman–Crippen MR) is 46.5 cm³/mol. The van der Waals surface area contributed by atoms with Gasteiger partial charge in [0.25, 0.3) is 0 Å². The van der Waals surface area contributed by atoms with Crippen LogP contribution in [-0.4, -0.2) is 17.4 Å². The number of nitrogens with two attached hydrogens (primary N) is 1. The first kappa shape index (κ1) is 10.3. The van der Waals surface area contributed by atoms with Gasteiger partial charge >= 0.3 is 6.09 Å². The molecule has 0 saturated carbocycles. The maximum atomic E-state index is 10.1. The van der Waals surface area contributed by atoms with E-state index in [1.54, 1.807) is 0 Å². The largest absolute Gasteiger partial charge is 0.430 e. The summed E-state index contributed by atoms with van der Waals surface area (Å²) in [6.45, 7) is 2.02. The van der Waals surface area contributed by atoms with Gasteiger partial charge in [-0.2, -0.15) is 0 Å². The molecule has 0 aliphatic heterocycles. The number of hydrogen-bond donors (Lipinski definition) is 1. The zero-order chi connectivity index (χ0) is 8.69. The number of primary amides is 1. The molecule has 0 rings (SSSR count). The smallest absolute Gasteiger partial charge is 0.333 e. The van der Waals surface area contributed by atoms with E-state index in [2.05, 4.69) is 9.99 Å². The Hall–Kier alpha value is -0.710.